The Hall–Kier alpha value is -1.30. The molecular formula is C14H13Cl3FN3O. The van der Waals surface area contributed by atoms with Crippen LogP contribution in [0.3, 0.4) is 0 Å². The first kappa shape index (κ1) is 17.1. The van der Waals surface area contributed by atoms with Crippen LogP contribution in [0.4, 0.5) is 10.2 Å². The Labute approximate surface area is 142 Å². The maximum Gasteiger partial charge on any atom is 0.193 e. The van der Waals surface area contributed by atoms with Crippen molar-refractivity contribution in [1.82, 2.24) is 10.2 Å². The van der Waals surface area contributed by atoms with Gasteiger partial charge in [0.05, 0.1) is 5.02 Å². The molecule has 118 valence electrons. The van der Waals surface area contributed by atoms with Crippen molar-refractivity contribution in [3.8, 4) is 5.75 Å². The molecule has 0 amide bonds. The van der Waals surface area contributed by atoms with Gasteiger partial charge in [-0.2, -0.15) is 0 Å². The lowest BCUT2D eigenvalue weighted by Crippen LogP contribution is -2.15. The molecule has 0 aliphatic carbocycles. The van der Waals surface area contributed by atoms with Crippen molar-refractivity contribution in [3.05, 3.63) is 44.8 Å². The highest BCUT2D eigenvalue weighted by Crippen LogP contribution is 2.37. The number of rotatable bonds is 4. The van der Waals surface area contributed by atoms with Gasteiger partial charge in [0.25, 0.3) is 0 Å². The zero-order valence-electron chi connectivity index (χ0n) is 12.1. The minimum Gasteiger partial charge on any atom is -0.482 e. The first-order valence-electron chi connectivity index (χ1n) is 6.32. The maximum absolute atomic E-state index is 13.6. The molecule has 0 N–H and O–H groups in total. The summed E-state index contributed by atoms with van der Waals surface area (Å²) in [5.74, 6) is 0.323. The smallest absolute Gasteiger partial charge is 0.193 e. The van der Waals surface area contributed by atoms with Crippen LogP contribution in [0.5, 0.6) is 5.75 Å². The topological polar surface area (TPSA) is 38.3 Å². The van der Waals surface area contributed by atoms with E-state index >= 15 is 0 Å². The van der Waals surface area contributed by atoms with Gasteiger partial charge in [0.2, 0.25) is 0 Å². The monoisotopic (exact) mass is 363 g/mol. The van der Waals surface area contributed by atoms with Gasteiger partial charge in [0, 0.05) is 30.7 Å². The van der Waals surface area contributed by atoms with Gasteiger partial charge < -0.3 is 9.64 Å². The Kier molecular flexibility index (Phi) is 5.32. The lowest BCUT2D eigenvalue weighted by atomic mass is 10.1. The largest absolute Gasteiger partial charge is 0.482 e. The Morgan fingerprint density at radius 3 is 2.50 bits per heavy atom. The van der Waals surface area contributed by atoms with Gasteiger partial charge in [-0.05, 0) is 19.1 Å². The molecule has 0 saturated heterocycles. The van der Waals surface area contributed by atoms with Gasteiger partial charge in [-0.3, -0.25) is 0 Å². The molecule has 0 aliphatic heterocycles. The average Bonchev–Trinajstić information content (AvgIpc) is 2.43. The molecule has 0 radical (unpaired) electrons. The summed E-state index contributed by atoms with van der Waals surface area (Å²) in [7, 11) is 3.58. The third-order valence-corrected chi connectivity index (χ3v) is 3.82. The summed E-state index contributed by atoms with van der Waals surface area (Å²) in [6.45, 7) is 1.71. The van der Waals surface area contributed by atoms with E-state index in [-0.39, 0.29) is 10.2 Å². The molecule has 22 heavy (non-hydrogen) atoms. The number of hydrogen-bond acceptors (Lipinski definition) is 4. The van der Waals surface area contributed by atoms with E-state index in [9.17, 15) is 4.39 Å². The summed E-state index contributed by atoms with van der Waals surface area (Å²) in [4.78, 5) is 1.72. The molecule has 1 atom stereocenters. The van der Waals surface area contributed by atoms with E-state index in [1.807, 2.05) is 0 Å². The fraction of sp³-hybridized carbons (Fsp3) is 0.286. The molecule has 0 aliphatic rings. The van der Waals surface area contributed by atoms with Crippen molar-refractivity contribution < 1.29 is 9.13 Å². The second kappa shape index (κ2) is 6.86. The van der Waals surface area contributed by atoms with Gasteiger partial charge >= 0.3 is 0 Å². The molecule has 1 aromatic carbocycles. The molecule has 0 fully saturated rings. The lowest BCUT2D eigenvalue weighted by molar-refractivity contribution is 0.226. The number of benzene rings is 1. The summed E-state index contributed by atoms with van der Waals surface area (Å²) < 4.78 is 19.5. The van der Waals surface area contributed by atoms with E-state index in [0.29, 0.717) is 22.2 Å². The van der Waals surface area contributed by atoms with Crippen molar-refractivity contribution >= 4 is 40.6 Å². The predicted molar refractivity (Wildman–Crippen MR) is 86.8 cm³/mol. The van der Waals surface area contributed by atoms with E-state index in [0.717, 1.165) is 0 Å². The van der Waals surface area contributed by atoms with Gasteiger partial charge in [-0.15, -0.1) is 10.2 Å². The summed E-state index contributed by atoms with van der Waals surface area (Å²) >= 11 is 17.9. The highest BCUT2D eigenvalue weighted by Gasteiger charge is 2.21. The zero-order valence-corrected chi connectivity index (χ0v) is 14.3. The summed E-state index contributed by atoms with van der Waals surface area (Å²) in [5.41, 5.74) is 0.362. The Balaban J connectivity index is 2.40. The van der Waals surface area contributed by atoms with Gasteiger partial charge in [-0.25, -0.2) is 4.39 Å². The fourth-order valence-corrected chi connectivity index (χ4v) is 2.72. The number of ether oxygens (including phenoxy) is 1. The maximum atomic E-state index is 13.6. The van der Waals surface area contributed by atoms with Crippen LogP contribution in [0.2, 0.25) is 15.2 Å². The minimum atomic E-state index is -0.602. The molecular weight excluding hydrogens is 352 g/mol. The van der Waals surface area contributed by atoms with Crippen LogP contribution in [0, 0.1) is 5.82 Å². The summed E-state index contributed by atoms with van der Waals surface area (Å²) in [6.07, 6.45) is -0.602. The van der Waals surface area contributed by atoms with Crippen LogP contribution in [0.25, 0.3) is 0 Å². The van der Waals surface area contributed by atoms with Gasteiger partial charge in [0.15, 0.2) is 16.7 Å². The van der Waals surface area contributed by atoms with E-state index in [2.05, 4.69) is 10.2 Å². The van der Waals surface area contributed by atoms with Crippen molar-refractivity contribution in [1.29, 1.82) is 0 Å². The van der Waals surface area contributed by atoms with Crippen LogP contribution in [-0.4, -0.2) is 24.3 Å². The quantitative estimate of drug-likeness (QED) is 0.732. The first-order valence-corrected chi connectivity index (χ1v) is 7.45. The van der Waals surface area contributed by atoms with Crippen molar-refractivity contribution in [2.24, 2.45) is 0 Å². The van der Waals surface area contributed by atoms with Crippen LogP contribution >= 0.6 is 34.8 Å². The summed E-state index contributed by atoms with van der Waals surface area (Å²) in [5, 5.41) is 8.17. The molecule has 1 heterocycles. The predicted octanol–water partition coefficient (Wildman–Crippen LogP) is 4.78. The molecule has 2 aromatic rings. The van der Waals surface area contributed by atoms with Crippen molar-refractivity contribution in [2.75, 3.05) is 19.0 Å². The first-order chi connectivity index (χ1) is 10.3. The SMILES string of the molecule is CC(Oc1cc(Cl)nnc1N(C)C)c1c(Cl)ccc(F)c1Cl. The second-order valence-electron chi connectivity index (χ2n) is 4.77. The van der Waals surface area contributed by atoms with Gasteiger partial charge in [0.1, 0.15) is 11.9 Å². The third kappa shape index (κ3) is 3.54. The Morgan fingerprint density at radius 1 is 1.18 bits per heavy atom. The lowest BCUT2D eigenvalue weighted by Gasteiger charge is -2.21. The van der Waals surface area contributed by atoms with Crippen LogP contribution < -0.4 is 9.64 Å². The van der Waals surface area contributed by atoms with Crippen molar-refractivity contribution in [2.45, 2.75) is 13.0 Å². The van der Waals surface area contributed by atoms with E-state index in [4.69, 9.17) is 39.5 Å². The number of anilines is 1. The number of halogens is 4. The Morgan fingerprint density at radius 2 is 1.86 bits per heavy atom. The van der Waals surface area contributed by atoms with Crippen LogP contribution in [0.1, 0.15) is 18.6 Å². The summed E-state index contributed by atoms with van der Waals surface area (Å²) in [6, 6.07) is 4.17. The molecule has 4 nitrogen and oxygen atoms in total. The number of aromatic nitrogens is 2. The Bertz CT molecular complexity index is 697. The normalized spacial score (nSPS) is 12.1. The molecule has 0 spiro atoms. The van der Waals surface area contributed by atoms with Crippen molar-refractivity contribution in [3.63, 3.8) is 0 Å². The zero-order chi connectivity index (χ0) is 16.4. The number of hydrogen-bond donors (Lipinski definition) is 0. The molecule has 0 bridgehead atoms. The third-order valence-electron chi connectivity index (χ3n) is 2.92. The van der Waals surface area contributed by atoms with E-state index < -0.39 is 11.9 Å². The van der Waals surface area contributed by atoms with Crippen LogP contribution in [0.15, 0.2) is 18.2 Å². The highest BCUT2D eigenvalue weighted by atomic mass is 35.5. The minimum absolute atomic E-state index is 0.0699. The van der Waals surface area contributed by atoms with Crippen LogP contribution in [-0.2, 0) is 0 Å². The fourth-order valence-electron chi connectivity index (χ4n) is 1.91. The molecule has 8 heteroatoms. The molecule has 0 saturated carbocycles. The molecule has 2 rings (SSSR count). The van der Waals surface area contributed by atoms with E-state index in [1.54, 1.807) is 25.9 Å². The standard InChI is InChI=1S/C14H13Cl3FN3O/c1-7(12-8(15)4-5-9(18)13(12)17)22-10-6-11(16)19-20-14(10)21(2)3/h4-7H,1-3H3. The van der Waals surface area contributed by atoms with Gasteiger partial charge in [-0.1, -0.05) is 34.8 Å². The molecule has 1 aromatic heterocycles. The number of nitrogens with zero attached hydrogens (tertiary/aromatic N) is 3. The second-order valence-corrected chi connectivity index (χ2v) is 5.94. The average molecular weight is 365 g/mol. The van der Waals surface area contributed by atoms with E-state index in [1.165, 1.54) is 18.2 Å². The molecule has 1 unspecified atom stereocenters. The highest BCUT2D eigenvalue weighted by molar-refractivity contribution is 6.36.